The highest BCUT2D eigenvalue weighted by Crippen LogP contribution is 2.28. The first-order valence-corrected chi connectivity index (χ1v) is 7.53. The van der Waals surface area contributed by atoms with E-state index in [-0.39, 0.29) is 5.91 Å². The highest BCUT2D eigenvalue weighted by Gasteiger charge is 2.25. The number of carbonyl (C=O) groups excluding carboxylic acids is 1. The summed E-state index contributed by atoms with van der Waals surface area (Å²) in [4.78, 5) is 14.4. The van der Waals surface area contributed by atoms with Gasteiger partial charge in [-0.3, -0.25) is 4.79 Å². The highest BCUT2D eigenvalue weighted by atomic mass is 79.9. The lowest BCUT2D eigenvalue weighted by molar-refractivity contribution is 0.0671. The zero-order valence-corrected chi connectivity index (χ0v) is 12.8. The number of carbonyl (C=O) groups is 1. The molecule has 1 amide bonds. The van der Waals surface area contributed by atoms with E-state index in [1.54, 1.807) is 6.07 Å². The molecule has 1 aromatic rings. The molecule has 0 spiro atoms. The normalized spacial score (nSPS) is 19.9. The SMILES string of the molecule is CCC1CCCN(C(=O)c2cccc(Br)c2Cl)C1. The fraction of sp³-hybridized carbons (Fsp3) is 0.500. The zero-order chi connectivity index (χ0) is 13.1. The highest BCUT2D eigenvalue weighted by molar-refractivity contribution is 9.10. The van der Waals surface area contributed by atoms with Crippen LogP contribution in [0.2, 0.25) is 5.02 Å². The first-order chi connectivity index (χ1) is 8.63. The van der Waals surface area contributed by atoms with Gasteiger partial charge in [0.25, 0.3) is 5.91 Å². The second-order valence-corrected chi connectivity index (χ2v) is 6.00. The predicted molar refractivity (Wildman–Crippen MR) is 78.1 cm³/mol. The van der Waals surface area contributed by atoms with Gasteiger partial charge >= 0.3 is 0 Å². The molecule has 4 heteroatoms. The number of nitrogens with zero attached hydrogens (tertiary/aromatic N) is 1. The average molecular weight is 331 g/mol. The zero-order valence-electron chi connectivity index (χ0n) is 10.5. The molecule has 1 fully saturated rings. The van der Waals surface area contributed by atoms with Crippen LogP contribution in [-0.2, 0) is 0 Å². The van der Waals surface area contributed by atoms with Crippen LogP contribution < -0.4 is 0 Å². The van der Waals surface area contributed by atoms with Crippen LogP contribution in [0.25, 0.3) is 0 Å². The lowest BCUT2D eigenvalue weighted by atomic mass is 9.95. The van der Waals surface area contributed by atoms with Gasteiger partial charge in [0.15, 0.2) is 0 Å². The summed E-state index contributed by atoms with van der Waals surface area (Å²) in [5.74, 6) is 0.688. The lowest BCUT2D eigenvalue weighted by Crippen LogP contribution is -2.39. The molecule has 0 aliphatic carbocycles. The van der Waals surface area contributed by atoms with E-state index in [1.165, 1.54) is 6.42 Å². The van der Waals surface area contributed by atoms with Gasteiger partial charge in [-0.25, -0.2) is 0 Å². The van der Waals surface area contributed by atoms with E-state index in [4.69, 9.17) is 11.6 Å². The maximum Gasteiger partial charge on any atom is 0.255 e. The molecule has 1 aromatic carbocycles. The van der Waals surface area contributed by atoms with E-state index in [0.29, 0.717) is 16.5 Å². The number of hydrogen-bond acceptors (Lipinski definition) is 1. The number of amides is 1. The van der Waals surface area contributed by atoms with Crippen molar-refractivity contribution < 1.29 is 4.79 Å². The van der Waals surface area contributed by atoms with Gasteiger partial charge in [0.2, 0.25) is 0 Å². The molecule has 18 heavy (non-hydrogen) atoms. The van der Waals surface area contributed by atoms with Gasteiger partial charge < -0.3 is 4.90 Å². The molecule has 1 aliphatic heterocycles. The molecule has 1 saturated heterocycles. The Balaban J connectivity index is 2.18. The second-order valence-electron chi connectivity index (χ2n) is 4.77. The molecule has 0 radical (unpaired) electrons. The Hall–Kier alpha value is -0.540. The van der Waals surface area contributed by atoms with Crippen LogP contribution in [0, 0.1) is 5.92 Å². The lowest BCUT2D eigenvalue weighted by Gasteiger charge is -2.32. The van der Waals surface area contributed by atoms with Crippen LogP contribution in [0.3, 0.4) is 0 Å². The monoisotopic (exact) mass is 329 g/mol. The minimum atomic E-state index is 0.0550. The molecule has 0 N–H and O–H groups in total. The van der Waals surface area contributed by atoms with Crippen LogP contribution in [0.4, 0.5) is 0 Å². The molecular weight excluding hydrogens is 314 g/mol. The van der Waals surface area contributed by atoms with Gasteiger partial charge in [-0.05, 0) is 46.8 Å². The van der Waals surface area contributed by atoms with E-state index >= 15 is 0 Å². The molecule has 98 valence electrons. The maximum absolute atomic E-state index is 12.5. The molecule has 1 atom stereocenters. The van der Waals surface area contributed by atoms with Crippen molar-refractivity contribution in [2.24, 2.45) is 5.92 Å². The number of piperidine rings is 1. The van der Waals surface area contributed by atoms with Crippen LogP contribution in [0.5, 0.6) is 0 Å². The number of rotatable bonds is 2. The minimum Gasteiger partial charge on any atom is -0.338 e. The second kappa shape index (κ2) is 6.07. The molecule has 2 rings (SSSR count). The molecule has 1 heterocycles. The fourth-order valence-electron chi connectivity index (χ4n) is 2.42. The molecule has 2 nitrogen and oxygen atoms in total. The van der Waals surface area contributed by atoms with Gasteiger partial charge in [0.05, 0.1) is 10.6 Å². The van der Waals surface area contributed by atoms with Gasteiger partial charge in [0, 0.05) is 17.6 Å². The van der Waals surface area contributed by atoms with E-state index in [0.717, 1.165) is 30.4 Å². The third-order valence-electron chi connectivity index (χ3n) is 3.57. The van der Waals surface area contributed by atoms with Crippen LogP contribution >= 0.6 is 27.5 Å². The van der Waals surface area contributed by atoms with Crippen molar-refractivity contribution in [2.45, 2.75) is 26.2 Å². The Labute approximate surface area is 121 Å². The summed E-state index contributed by atoms with van der Waals surface area (Å²) in [6.07, 6.45) is 3.46. The van der Waals surface area contributed by atoms with Crippen LogP contribution in [0.15, 0.2) is 22.7 Å². The summed E-state index contributed by atoms with van der Waals surface area (Å²) in [6, 6.07) is 5.50. The third-order valence-corrected chi connectivity index (χ3v) is 4.86. The van der Waals surface area contributed by atoms with Crippen molar-refractivity contribution >= 4 is 33.4 Å². The number of hydrogen-bond donors (Lipinski definition) is 0. The fourth-order valence-corrected chi connectivity index (χ4v) is 3.00. The topological polar surface area (TPSA) is 20.3 Å². The average Bonchev–Trinajstić information content (AvgIpc) is 2.41. The Morgan fingerprint density at radius 3 is 3.06 bits per heavy atom. The number of benzene rings is 1. The van der Waals surface area contributed by atoms with Crippen molar-refractivity contribution in [1.29, 1.82) is 0 Å². The summed E-state index contributed by atoms with van der Waals surface area (Å²) >= 11 is 9.54. The minimum absolute atomic E-state index is 0.0550. The van der Waals surface area contributed by atoms with Gasteiger partial charge in [-0.15, -0.1) is 0 Å². The van der Waals surface area contributed by atoms with Crippen molar-refractivity contribution in [1.82, 2.24) is 4.90 Å². The van der Waals surface area contributed by atoms with E-state index < -0.39 is 0 Å². The molecule has 0 bridgehead atoms. The molecule has 1 aliphatic rings. The Kier molecular flexibility index (Phi) is 4.68. The Bertz CT molecular complexity index is 449. The first kappa shape index (κ1) is 13.9. The summed E-state index contributed by atoms with van der Waals surface area (Å²) in [5.41, 5.74) is 0.600. The smallest absolute Gasteiger partial charge is 0.255 e. The Morgan fingerprint density at radius 1 is 1.56 bits per heavy atom. The first-order valence-electron chi connectivity index (χ1n) is 6.36. The van der Waals surface area contributed by atoms with Crippen LogP contribution in [-0.4, -0.2) is 23.9 Å². The molecule has 1 unspecified atom stereocenters. The van der Waals surface area contributed by atoms with Crippen molar-refractivity contribution in [2.75, 3.05) is 13.1 Å². The van der Waals surface area contributed by atoms with Gasteiger partial charge in [-0.1, -0.05) is 31.0 Å². The van der Waals surface area contributed by atoms with Gasteiger partial charge in [0.1, 0.15) is 0 Å². The summed E-state index contributed by atoms with van der Waals surface area (Å²) in [7, 11) is 0. The van der Waals surface area contributed by atoms with Gasteiger partial charge in [-0.2, -0.15) is 0 Å². The maximum atomic E-state index is 12.5. The van der Waals surface area contributed by atoms with E-state index in [1.807, 2.05) is 17.0 Å². The van der Waals surface area contributed by atoms with E-state index in [9.17, 15) is 4.79 Å². The molecular formula is C14H17BrClNO. The summed E-state index contributed by atoms with van der Waals surface area (Å²) < 4.78 is 0.777. The quantitative estimate of drug-likeness (QED) is 0.788. The number of halogens is 2. The standard InChI is InChI=1S/C14H17BrClNO/c1-2-10-5-4-8-17(9-10)14(18)11-6-3-7-12(15)13(11)16/h3,6-7,10H,2,4-5,8-9H2,1H3. The number of likely N-dealkylation sites (tertiary alicyclic amines) is 1. The van der Waals surface area contributed by atoms with Crippen LogP contribution in [0.1, 0.15) is 36.5 Å². The molecule has 0 saturated carbocycles. The summed E-state index contributed by atoms with van der Waals surface area (Å²) in [5, 5.41) is 0.515. The van der Waals surface area contributed by atoms with Crippen molar-refractivity contribution in [3.8, 4) is 0 Å². The molecule has 0 aromatic heterocycles. The van der Waals surface area contributed by atoms with Crippen molar-refractivity contribution in [3.05, 3.63) is 33.3 Å². The predicted octanol–water partition coefficient (Wildman–Crippen LogP) is 4.36. The Morgan fingerprint density at radius 2 is 2.33 bits per heavy atom. The van der Waals surface area contributed by atoms with Crippen molar-refractivity contribution in [3.63, 3.8) is 0 Å². The van der Waals surface area contributed by atoms with E-state index in [2.05, 4.69) is 22.9 Å². The summed E-state index contributed by atoms with van der Waals surface area (Å²) in [6.45, 7) is 3.89. The largest absolute Gasteiger partial charge is 0.338 e. The third kappa shape index (κ3) is 2.89.